The van der Waals surface area contributed by atoms with Crippen LogP contribution in [0.3, 0.4) is 0 Å². The summed E-state index contributed by atoms with van der Waals surface area (Å²) in [6.45, 7) is 0.889. The number of ether oxygens (including phenoxy) is 4. The molecule has 0 fully saturated rings. The van der Waals surface area contributed by atoms with Crippen LogP contribution in [-0.2, 0) is 17.6 Å². The Morgan fingerprint density at radius 3 is 2.62 bits per heavy atom. The topological polar surface area (TPSA) is 54.0 Å². The van der Waals surface area contributed by atoms with Gasteiger partial charge in [0.1, 0.15) is 24.7 Å². The van der Waals surface area contributed by atoms with E-state index in [0.29, 0.717) is 36.2 Å². The van der Waals surface area contributed by atoms with E-state index in [2.05, 4.69) is 6.07 Å². The van der Waals surface area contributed by atoms with Gasteiger partial charge in [0.2, 0.25) is 0 Å². The van der Waals surface area contributed by atoms with Crippen molar-refractivity contribution < 1.29 is 23.7 Å². The number of benzene rings is 2. The van der Waals surface area contributed by atoms with Gasteiger partial charge >= 0.3 is 5.97 Å². The molecule has 0 spiro atoms. The Morgan fingerprint density at radius 2 is 1.71 bits per heavy atom. The lowest BCUT2D eigenvalue weighted by molar-refractivity contribution is -0.136. The molecule has 2 aromatic carbocycles. The smallest absolute Gasteiger partial charge is 0.349 e. The van der Waals surface area contributed by atoms with Crippen LogP contribution in [0, 0.1) is 0 Å². The molecule has 0 bridgehead atoms. The van der Waals surface area contributed by atoms with Gasteiger partial charge in [0.25, 0.3) is 0 Å². The number of rotatable bonds is 4. The number of hydrogen-bond acceptors (Lipinski definition) is 5. The monoisotopic (exact) mass is 326 g/mol. The summed E-state index contributed by atoms with van der Waals surface area (Å²) < 4.78 is 21.7. The summed E-state index contributed by atoms with van der Waals surface area (Å²) in [5.74, 6) is 1.92. The van der Waals surface area contributed by atoms with Crippen LogP contribution in [-0.4, -0.2) is 25.8 Å². The lowest BCUT2D eigenvalue weighted by atomic mass is 10.1. The summed E-state index contributed by atoms with van der Waals surface area (Å²) in [6, 6.07) is 11.1. The highest BCUT2D eigenvalue weighted by Gasteiger charge is 2.15. The second kappa shape index (κ2) is 6.43. The van der Waals surface area contributed by atoms with Crippen LogP contribution in [0.1, 0.15) is 17.5 Å². The Kier molecular flexibility index (Phi) is 3.99. The Morgan fingerprint density at radius 1 is 0.917 bits per heavy atom. The average Bonchev–Trinajstić information content (AvgIpc) is 3.07. The average molecular weight is 326 g/mol. The number of fused-ring (bicyclic) bond motifs is 2. The minimum absolute atomic E-state index is 0.132. The molecule has 0 amide bonds. The summed E-state index contributed by atoms with van der Waals surface area (Å²) in [5.41, 5.74) is 2.69. The van der Waals surface area contributed by atoms with Crippen molar-refractivity contribution in [1.82, 2.24) is 0 Å². The van der Waals surface area contributed by atoms with Crippen LogP contribution in [0.25, 0.3) is 0 Å². The van der Waals surface area contributed by atoms with Gasteiger partial charge in [-0.05, 0) is 54.7 Å². The first-order chi connectivity index (χ1) is 11.8. The SMILES string of the molecule is O=C(COc1ccc2c(c1)CCC2)Oc1ccc2c(c1)OCCO2. The zero-order chi connectivity index (χ0) is 16.4. The van der Waals surface area contributed by atoms with Crippen molar-refractivity contribution in [2.24, 2.45) is 0 Å². The maximum Gasteiger partial charge on any atom is 0.349 e. The van der Waals surface area contributed by atoms with Gasteiger partial charge in [0.05, 0.1) is 0 Å². The minimum atomic E-state index is -0.452. The van der Waals surface area contributed by atoms with E-state index in [1.807, 2.05) is 12.1 Å². The standard InChI is InChI=1S/C19H18O5/c20-19(12-23-15-5-4-13-2-1-3-14(13)10-15)24-16-6-7-17-18(11-16)22-9-8-21-17/h4-7,10-11H,1-3,8-9,12H2. The molecular formula is C19H18O5. The van der Waals surface area contributed by atoms with Gasteiger partial charge in [0.15, 0.2) is 18.1 Å². The second-order valence-corrected chi connectivity index (χ2v) is 5.85. The molecule has 5 heteroatoms. The van der Waals surface area contributed by atoms with E-state index in [-0.39, 0.29) is 6.61 Å². The van der Waals surface area contributed by atoms with E-state index in [1.54, 1.807) is 18.2 Å². The molecule has 5 nitrogen and oxygen atoms in total. The predicted molar refractivity (Wildman–Crippen MR) is 87.0 cm³/mol. The van der Waals surface area contributed by atoms with Gasteiger partial charge < -0.3 is 18.9 Å². The number of carbonyl (C=O) groups is 1. The second-order valence-electron chi connectivity index (χ2n) is 5.85. The highest BCUT2D eigenvalue weighted by atomic mass is 16.6. The van der Waals surface area contributed by atoms with E-state index in [1.165, 1.54) is 17.5 Å². The maximum absolute atomic E-state index is 12.0. The van der Waals surface area contributed by atoms with E-state index >= 15 is 0 Å². The summed E-state index contributed by atoms with van der Waals surface area (Å²) >= 11 is 0. The van der Waals surface area contributed by atoms with Gasteiger partial charge in [-0.2, -0.15) is 0 Å². The molecule has 0 unspecified atom stereocenters. The Bertz CT molecular complexity index is 768. The van der Waals surface area contributed by atoms with Gasteiger partial charge in [-0.25, -0.2) is 4.79 Å². The Labute approximate surface area is 140 Å². The molecule has 1 aliphatic heterocycles. The normalized spacial score (nSPS) is 14.8. The lowest BCUT2D eigenvalue weighted by Gasteiger charge is -2.18. The van der Waals surface area contributed by atoms with Crippen molar-refractivity contribution in [3.8, 4) is 23.0 Å². The van der Waals surface area contributed by atoms with Crippen LogP contribution in [0.5, 0.6) is 23.0 Å². The molecule has 124 valence electrons. The maximum atomic E-state index is 12.0. The van der Waals surface area contributed by atoms with Gasteiger partial charge in [-0.3, -0.25) is 0 Å². The molecule has 0 saturated carbocycles. The molecule has 1 heterocycles. The fourth-order valence-corrected chi connectivity index (χ4v) is 3.03. The molecule has 0 atom stereocenters. The zero-order valence-corrected chi connectivity index (χ0v) is 13.2. The van der Waals surface area contributed by atoms with Crippen molar-refractivity contribution in [3.63, 3.8) is 0 Å². The molecule has 1 aliphatic carbocycles. The molecule has 4 rings (SSSR count). The van der Waals surface area contributed by atoms with Crippen LogP contribution in [0.15, 0.2) is 36.4 Å². The number of aryl methyl sites for hydroxylation is 2. The molecule has 0 aromatic heterocycles. The van der Waals surface area contributed by atoms with Crippen molar-refractivity contribution in [3.05, 3.63) is 47.5 Å². The van der Waals surface area contributed by atoms with E-state index in [9.17, 15) is 4.79 Å². The van der Waals surface area contributed by atoms with Gasteiger partial charge in [-0.15, -0.1) is 0 Å². The van der Waals surface area contributed by atoms with Crippen LogP contribution in [0.2, 0.25) is 0 Å². The quantitative estimate of drug-likeness (QED) is 0.639. The molecule has 2 aliphatic rings. The molecular weight excluding hydrogens is 308 g/mol. The fraction of sp³-hybridized carbons (Fsp3) is 0.316. The van der Waals surface area contributed by atoms with E-state index in [0.717, 1.165) is 12.8 Å². The first-order valence-corrected chi connectivity index (χ1v) is 8.13. The highest BCUT2D eigenvalue weighted by Crippen LogP contribution is 2.33. The molecule has 0 saturated heterocycles. The van der Waals surface area contributed by atoms with Crippen molar-refractivity contribution in [1.29, 1.82) is 0 Å². The fourth-order valence-electron chi connectivity index (χ4n) is 3.03. The summed E-state index contributed by atoms with van der Waals surface area (Å²) in [5, 5.41) is 0. The van der Waals surface area contributed by atoms with Crippen LogP contribution < -0.4 is 18.9 Å². The minimum Gasteiger partial charge on any atom is -0.486 e. The molecule has 0 radical (unpaired) electrons. The Balaban J connectivity index is 1.35. The largest absolute Gasteiger partial charge is 0.486 e. The van der Waals surface area contributed by atoms with Gasteiger partial charge in [0, 0.05) is 6.07 Å². The summed E-state index contributed by atoms with van der Waals surface area (Å²) in [4.78, 5) is 12.0. The van der Waals surface area contributed by atoms with E-state index < -0.39 is 5.97 Å². The predicted octanol–water partition coefficient (Wildman–Crippen LogP) is 2.93. The Hall–Kier alpha value is -2.69. The van der Waals surface area contributed by atoms with Crippen molar-refractivity contribution in [2.75, 3.05) is 19.8 Å². The molecule has 0 N–H and O–H groups in total. The van der Waals surface area contributed by atoms with Crippen molar-refractivity contribution >= 4 is 5.97 Å². The number of carbonyl (C=O) groups excluding carboxylic acids is 1. The number of esters is 1. The lowest BCUT2D eigenvalue weighted by Crippen LogP contribution is -2.18. The summed E-state index contributed by atoms with van der Waals surface area (Å²) in [7, 11) is 0. The van der Waals surface area contributed by atoms with Crippen LogP contribution >= 0.6 is 0 Å². The number of hydrogen-bond donors (Lipinski definition) is 0. The van der Waals surface area contributed by atoms with Crippen molar-refractivity contribution in [2.45, 2.75) is 19.3 Å². The third-order valence-electron chi connectivity index (χ3n) is 4.17. The summed E-state index contributed by atoms with van der Waals surface area (Å²) in [6.07, 6.45) is 3.39. The van der Waals surface area contributed by atoms with E-state index in [4.69, 9.17) is 18.9 Å². The van der Waals surface area contributed by atoms with Crippen LogP contribution in [0.4, 0.5) is 0 Å². The molecule has 24 heavy (non-hydrogen) atoms. The first-order valence-electron chi connectivity index (χ1n) is 8.13. The zero-order valence-electron chi connectivity index (χ0n) is 13.2. The van der Waals surface area contributed by atoms with Gasteiger partial charge in [-0.1, -0.05) is 6.07 Å². The molecule has 2 aromatic rings. The third-order valence-corrected chi connectivity index (χ3v) is 4.17. The highest BCUT2D eigenvalue weighted by molar-refractivity contribution is 5.74. The third kappa shape index (κ3) is 3.15. The first kappa shape index (κ1) is 14.9.